The lowest BCUT2D eigenvalue weighted by Gasteiger charge is -2.35. The summed E-state index contributed by atoms with van der Waals surface area (Å²) < 4.78 is 0. The third kappa shape index (κ3) is 2.86. The second-order valence-electron chi connectivity index (χ2n) is 6.64. The van der Waals surface area contributed by atoms with Crippen molar-refractivity contribution in [2.45, 2.75) is 13.8 Å². The molecule has 1 aliphatic rings. The Morgan fingerprint density at radius 3 is 2.60 bits per heavy atom. The molecular weight excluding hydrogens is 312 g/mol. The summed E-state index contributed by atoms with van der Waals surface area (Å²) in [4.78, 5) is 25.0. The predicted octanol–water partition coefficient (Wildman–Crippen LogP) is 3.14. The monoisotopic (exact) mass is 334 g/mol. The Morgan fingerprint density at radius 2 is 1.88 bits per heavy atom. The standard InChI is InChI=1S/C20H22N4O/c1-14-6-7-16-17(13-14)22-15(2)19(16)20(25)24-11-9-23(10-12-24)18-5-3-4-8-21-18/h3-8,13,22H,9-12H2,1-2H3. The quantitative estimate of drug-likeness (QED) is 0.783. The smallest absolute Gasteiger partial charge is 0.256 e. The number of pyridine rings is 1. The molecule has 0 unspecified atom stereocenters. The SMILES string of the molecule is Cc1ccc2c(C(=O)N3CCN(c4ccccn4)CC3)c(C)[nH]c2c1. The number of anilines is 1. The number of hydrogen-bond donors (Lipinski definition) is 1. The van der Waals surface area contributed by atoms with Crippen molar-refractivity contribution in [2.75, 3.05) is 31.1 Å². The molecule has 3 heterocycles. The van der Waals surface area contributed by atoms with Gasteiger partial charge in [0.1, 0.15) is 5.82 Å². The van der Waals surface area contributed by atoms with Crippen LogP contribution in [-0.2, 0) is 0 Å². The minimum Gasteiger partial charge on any atom is -0.358 e. The van der Waals surface area contributed by atoms with Crippen molar-refractivity contribution < 1.29 is 4.79 Å². The molecule has 0 radical (unpaired) electrons. The van der Waals surface area contributed by atoms with Gasteiger partial charge < -0.3 is 14.8 Å². The van der Waals surface area contributed by atoms with E-state index < -0.39 is 0 Å². The predicted molar refractivity (Wildman–Crippen MR) is 100 cm³/mol. The van der Waals surface area contributed by atoms with Crippen molar-refractivity contribution >= 4 is 22.6 Å². The van der Waals surface area contributed by atoms with Crippen LogP contribution in [0.15, 0.2) is 42.6 Å². The van der Waals surface area contributed by atoms with Gasteiger partial charge in [0.05, 0.1) is 5.56 Å². The number of hydrogen-bond acceptors (Lipinski definition) is 3. The number of aromatic nitrogens is 2. The van der Waals surface area contributed by atoms with Crippen LogP contribution in [0.1, 0.15) is 21.6 Å². The molecule has 0 spiro atoms. The minimum absolute atomic E-state index is 0.119. The van der Waals surface area contributed by atoms with E-state index in [1.807, 2.05) is 42.3 Å². The van der Waals surface area contributed by atoms with E-state index in [0.29, 0.717) is 13.1 Å². The number of benzene rings is 1. The average Bonchev–Trinajstić information content (AvgIpc) is 2.97. The number of H-pyrrole nitrogens is 1. The van der Waals surface area contributed by atoms with Gasteiger partial charge in [-0.2, -0.15) is 0 Å². The number of aryl methyl sites for hydroxylation is 2. The summed E-state index contributed by atoms with van der Waals surface area (Å²) in [7, 11) is 0. The number of aromatic amines is 1. The van der Waals surface area contributed by atoms with Gasteiger partial charge in [0.25, 0.3) is 5.91 Å². The first-order valence-corrected chi connectivity index (χ1v) is 8.67. The molecule has 5 nitrogen and oxygen atoms in total. The lowest BCUT2D eigenvalue weighted by molar-refractivity contribution is 0.0748. The molecule has 0 bridgehead atoms. The Bertz CT molecular complexity index is 908. The molecule has 0 saturated carbocycles. The highest BCUT2D eigenvalue weighted by Crippen LogP contribution is 2.25. The highest BCUT2D eigenvalue weighted by molar-refractivity contribution is 6.08. The molecule has 0 atom stereocenters. The van der Waals surface area contributed by atoms with Crippen molar-refractivity contribution in [3.8, 4) is 0 Å². The molecule has 25 heavy (non-hydrogen) atoms. The summed E-state index contributed by atoms with van der Waals surface area (Å²) in [5, 5.41) is 1.01. The highest BCUT2D eigenvalue weighted by atomic mass is 16.2. The van der Waals surface area contributed by atoms with E-state index in [-0.39, 0.29) is 5.91 Å². The van der Waals surface area contributed by atoms with Gasteiger partial charge in [-0.25, -0.2) is 4.98 Å². The summed E-state index contributed by atoms with van der Waals surface area (Å²) >= 11 is 0. The lowest BCUT2D eigenvalue weighted by Crippen LogP contribution is -2.49. The normalized spacial score (nSPS) is 15.0. The van der Waals surface area contributed by atoms with E-state index in [9.17, 15) is 4.79 Å². The third-order valence-corrected chi connectivity index (χ3v) is 4.90. The molecule has 1 fully saturated rings. The molecule has 4 rings (SSSR count). The first kappa shape index (κ1) is 15.7. The van der Waals surface area contributed by atoms with Crippen molar-refractivity contribution in [2.24, 2.45) is 0 Å². The largest absolute Gasteiger partial charge is 0.358 e. The Kier molecular flexibility index (Phi) is 3.92. The number of amides is 1. The third-order valence-electron chi connectivity index (χ3n) is 4.90. The number of rotatable bonds is 2. The van der Waals surface area contributed by atoms with Gasteiger partial charge in [0, 0.05) is 49.0 Å². The average molecular weight is 334 g/mol. The molecule has 2 aromatic heterocycles. The maximum absolute atomic E-state index is 13.1. The zero-order valence-electron chi connectivity index (χ0n) is 14.6. The number of nitrogens with zero attached hydrogens (tertiary/aromatic N) is 3. The van der Waals surface area contributed by atoms with Gasteiger partial charge in [-0.1, -0.05) is 18.2 Å². The Morgan fingerprint density at radius 1 is 1.08 bits per heavy atom. The van der Waals surface area contributed by atoms with E-state index in [2.05, 4.69) is 33.9 Å². The summed E-state index contributed by atoms with van der Waals surface area (Å²) in [5.74, 6) is 1.10. The van der Waals surface area contributed by atoms with Crippen LogP contribution in [0.3, 0.4) is 0 Å². The number of fused-ring (bicyclic) bond motifs is 1. The van der Waals surface area contributed by atoms with Gasteiger partial charge in [0.2, 0.25) is 0 Å². The number of nitrogens with one attached hydrogen (secondary N) is 1. The van der Waals surface area contributed by atoms with Crippen molar-refractivity contribution in [3.63, 3.8) is 0 Å². The number of piperazine rings is 1. The molecule has 1 N–H and O–H groups in total. The maximum atomic E-state index is 13.1. The Labute approximate surface area is 147 Å². The molecule has 1 aliphatic heterocycles. The second-order valence-corrected chi connectivity index (χ2v) is 6.64. The van der Waals surface area contributed by atoms with Crippen LogP contribution in [0.4, 0.5) is 5.82 Å². The first-order valence-electron chi connectivity index (χ1n) is 8.67. The maximum Gasteiger partial charge on any atom is 0.256 e. The van der Waals surface area contributed by atoms with E-state index in [1.54, 1.807) is 0 Å². The van der Waals surface area contributed by atoms with E-state index >= 15 is 0 Å². The van der Waals surface area contributed by atoms with E-state index in [4.69, 9.17) is 0 Å². The van der Waals surface area contributed by atoms with Gasteiger partial charge in [-0.05, 0) is 37.6 Å². The fourth-order valence-electron chi connectivity index (χ4n) is 3.56. The van der Waals surface area contributed by atoms with E-state index in [1.165, 1.54) is 5.56 Å². The van der Waals surface area contributed by atoms with Crippen LogP contribution in [0.5, 0.6) is 0 Å². The van der Waals surface area contributed by atoms with Crippen LogP contribution >= 0.6 is 0 Å². The molecule has 128 valence electrons. The second kappa shape index (κ2) is 6.24. The number of carbonyl (C=O) groups is 1. The summed E-state index contributed by atoms with van der Waals surface area (Å²) in [6.07, 6.45) is 1.81. The van der Waals surface area contributed by atoms with Crippen LogP contribution in [0.25, 0.3) is 10.9 Å². The highest BCUT2D eigenvalue weighted by Gasteiger charge is 2.26. The molecule has 0 aliphatic carbocycles. The van der Waals surface area contributed by atoms with Crippen LogP contribution in [0.2, 0.25) is 0 Å². The first-order chi connectivity index (χ1) is 12.1. The van der Waals surface area contributed by atoms with Crippen LogP contribution < -0.4 is 4.90 Å². The molecule has 1 saturated heterocycles. The minimum atomic E-state index is 0.119. The summed E-state index contributed by atoms with van der Waals surface area (Å²) in [5.41, 5.74) is 3.98. The molecular formula is C20H22N4O. The number of carbonyl (C=O) groups excluding carboxylic acids is 1. The molecule has 1 amide bonds. The lowest BCUT2D eigenvalue weighted by atomic mass is 10.1. The van der Waals surface area contributed by atoms with Gasteiger partial charge in [-0.3, -0.25) is 4.79 Å². The van der Waals surface area contributed by atoms with Gasteiger partial charge >= 0.3 is 0 Å². The van der Waals surface area contributed by atoms with E-state index in [0.717, 1.165) is 41.1 Å². The summed E-state index contributed by atoms with van der Waals surface area (Å²) in [6.45, 7) is 7.09. The fraction of sp³-hybridized carbons (Fsp3) is 0.300. The zero-order chi connectivity index (χ0) is 17.4. The van der Waals surface area contributed by atoms with Crippen LogP contribution in [0, 0.1) is 13.8 Å². The molecule has 5 heteroatoms. The zero-order valence-corrected chi connectivity index (χ0v) is 14.6. The topological polar surface area (TPSA) is 52.2 Å². The van der Waals surface area contributed by atoms with Crippen molar-refractivity contribution in [1.82, 2.24) is 14.9 Å². The van der Waals surface area contributed by atoms with Crippen molar-refractivity contribution in [1.29, 1.82) is 0 Å². The van der Waals surface area contributed by atoms with Crippen LogP contribution in [-0.4, -0.2) is 47.0 Å². The van der Waals surface area contributed by atoms with Crippen molar-refractivity contribution in [3.05, 3.63) is 59.4 Å². The Balaban J connectivity index is 1.54. The summed E-state index contributed by atoms with van der Waals surface area (Å²) in [6, 6.07) is 12.1. The Hall–Kier alpha value is -2.82. The van der Waals surface area contributed by atoms with Gasteiger partial charge in [-0.15, -0.1) is 0 Å². The van der Waals surface area contributed by atoms with Gasteiger partial charge in [0.15, 0.2) is 0 Å². The fourth-order valence-corrected chi connectivity index (χ4v) is 3.56. The molecule has 1 aromatic carbocycles. The molecule has 3 aromatic rings.